The Morgan fingerprint density at radius 3 is 2.62 bits per heavy atom. The van der Waals surface area contributed by atoms with Crippen LogP contribution in [0.1, 0.15) is 16.5 Å². The van der Waals surface area contributed by atoms with Crippen LogP contribution >= 0.6 is 11.6 Å². The number of alkyl halides is 1. The Hall–Kier alpha value is -0.930. The Bertz CT molecular complexity index is 405. The second-order valence-corrected chi connectivity index (χ2v) is 4.51. The van der Waals surface area contributed by atoms with Crippen molar-refractivity contribution in [3.63, 3.8) is 0 Å². The van der Waals surface area contributed by atoms with Crippen LogP contribution < -0.4 is 9.47 Å². The minimum Gasteiger partial charge on any atom is -0.486 e. The van der Waals surface area contributed by atoms with Crippen molar-refractivity contribution in [1.82, 2.24) is 0 Å². The van der Waals surface area contributed by atoms with E-state index in [9.17, 15) is 0 Å². The molecule has 0 fully saturated rings. The number of hydrogen-bond donors (Lipinski definition) is 0. The predicted octanol–water partition coefficient (Wildman–Crippen LogP) is 2.31. The molecule has 4 heteroatoms. The maximum atomic E-state index is 6.27. The summed E-state index contributed by atoms with van der Waals surface area (Å²) in [6, 6.07) is 4.03. The fourth-order valence-corrected chi connectivity index (χ4v) is 2.41. The molecule has 16 heavy (non-hydrogen) atoms. The lowest BCUT2D eigenvalue weighted by atomic mass is 10.0. The summed E-state index contributed by atoms with van der Waals surface area (Å²) in [6.07, 6.45) is 0.884. The summed E-state index contributed by atoms with van der Waals surface area (Å²) in [5.41, 5.74) is 2.32. The van der Waals surface area contributed by atoms with Crippen molar-refractivity contribution in [2.24, 2.45) is 0 Å². The lowest BCUT2D eigenvalue weighted by Gasteiger charge is -2.21. The molecule has 0 N–H and O–H groups in total. The first-order valence-corrected chi connectivity index (χ1v) is 5.92. The van der Waals surface area contributed by atoms with E-state index in [0.717, 1.165) is 30.1 Å². The average molecular weight is 241 g/mol. The van der Waals surface area contributed by atoms with E-state index in [0.29, 0.717) is 19.8 Å². The van der Waals surface area contributed by atoms with E-state index in [-0.39, 0.29) is 5.38 Å². The topological polar surface area (TPSA) is 27.7 Å². The van der Waals surface area contributed by atoms with Crippen LogP contribution in [0.15, 0.2) is 12.1 Å². The maximum Gasteiger partial charge on any atom is 0.161 e. The van der Waals surface area contributed by atoms with Crippen molar-refractivity contribution >= 4 is 11.6 Å². The molecule has 1 aromatic rings. The number of hydrogen-bond acceptors (Lipinski definition) is 3. The summed E-state index contributed by atoms with van der Waals surface area (Å²) in [4.78, 5) is 0. The van der Waals surface area contributed by atoms with Crippen molar-refractivity contribution in [2.45, 2.75) is 11.8 Å². The van der Waals surface area contributed by atoms with Crippen LogP contribution in [0.3, 0.4) is 0 Å². The fraction of sp³-hybridized carbons (Fsp3) is 0.500. The molecule has 2 heterocycles. The monoisotopic (exact) mass is 240 g/mol. The highest BCUT2D eigenvalue weighted by Crippen LogP contribution is 2.38. The molecule has 3 rings (SSSR count). The standard InChI is InChI=1S/C12H13ClO3/c13-10-7-14-2-1-8-5-11-12(6-9(8)10)16-4-3-15-11/h5-6,10H,1-4,7H2. The van der Waals surface area contributed by atoms with Gasteiger partial charge in [-0.3, -0.25) is 0 Å². The molecule has 1 unspecified atom stereocenters. The van der Waals surface area contributed by atoms with Crippen molar-refractivity contribution in [1.29, 1.82) is 0 Å². The van der Waals surface area contributed by atoms with E-state index in [4.69, 9.17) is 25.8 Å². The highest BCUT2D eigenvalue weighted by Gasteiger charge is 2.22. The van der Waals surface area contributed by atoms with E-state index in [1.165, 1.54) is 5.56 Å². The van der Waals surface area contributed by atoms with E-state index < -0.39 is 0 Å². The van der Waals surface area contributed by atoms with Crippen LogP contribution in [0.5, 0.6) is 11.5 Å². The Morgan fingerprint density at radius 2 is 1.81 bits per heavy atom. The molecule has 0 amide bonds. The van der Waals surface area contributed by atoms with Gasteiger partial charge in [-0.2, -0.15) is 0 Å². The van der Waals surface area contributed by atoms with Gasteiger partial charge < -0.3 is 14.2 Å². The highest BCUT2D eigenvalue weighted by atomic mass is 35.5. The van der Waals surface area contributed by atoms with Gasteiger partial charge in [0.05, 0.1) is 18.6 Å². The number of rotatable bonds is 0. The number of fused-ring (bicyclic) bond motifs is 2. The molecule has 0 bridgehead atoms. The summed E-state index contributed by atoms with van der Waals surface area (Å²) in [6.45, 7) is 2.51. The minimum absolute atomic E-state index is 0.0895. The molecule has 0 spiro atoms. The summed E-state index contributed by atoms with van der Waals surface area (Å²) < 4.78 is 16.5. The molecular formula is C12H13ClO3. The van der Waals surface area contributed by atoms with Crippen LogP contribution in [0.4, 0.5) is 0 Å². The smallest absolute Gasteiger partial charge is 0.161 e. The van der Waals surface area contributed by atoms with Gasteiger partial charge in [-0.05, 0) is 29.7 Å². The zero-order chi connectivity index (χ0) is 11.0. The Labute approximate surface area is 99.3 Å². The maximum absolute atomic E-state index is 6.27. The average Bonchev–Trinajstić information content (AvgIpc) is 2.49. The van der Waals surface area contributed by atoms with Crippen molar-refractivity contribution < 1.29 is 14.2 Å². The first kappa shape index (κ1) is 10.2. The molecule has 1 aromatic carbocycles. The predicted molar refractivity (Wildman–Crippen MR) is 60.5 cm³/mol. The zero-order valence-corrected chi connectivity index (χ0v) is 9.63. The van der Waals surface area contributed by atoms with Crippen LogP contribution in [0.2, 0.25) is 0 Å². The van der Waals surface area contributed by atoms with Crippen LogP contribution in [-0.4, -0.2) is 26.4 Å². The molecule has 1 atom stereocenters. The molecular weight excluding hydrogens is 228 g/mol. The van der Waals surface area contributed by atoms with Crippen LogP contribution in [0.25, 0.3) is 0 Å². The van der Waals surface area contributed by atoms with Gasteiger partial charge in [-0.25, -0.2) is 0 Å². The van der Waals surface area contributed by atoms with Gasteiger partial charge in [-0.1, -0.05) is 0 Å². The molecule has 0 saturated heterocycles. The summed E-state index contributed by atoms with van der Waals surface area (Å²) >= 11 is 6.27. The Morgan fingerprint density at radius 1 is 1.06 bits per heavy atom. The van der Waals surface area contributed by atoms with E-state index >= 15 is 0 Å². The van der Waals surface area contributed by atoms with Crippen LogP contribution in [-0.2, 0) is 11.2 Å². The molecule has 2 aliphatic rings. The molecule has 86 valence electrons. The van der Waals surface area contributed by atoms with E-state index in [2.05, 4.69) is 0 Å². The minimum atomic E-state index is -0.0895. The Kier molecular flexibility index (Phi) is 2.65. The molecule has 2 aliphatic heterocycles. The van der Waals surface area contributed by atoms with Gasteiger partial charge in [-0.15, -0.1) is 11.6 Å². The lowest BCUT2D eigenvalue weighted by Crippen LogP contribution is -2.16. The molecule has 3 nitrogen and oxygen atoms in total. The summed E-state index contributed by atoms with van der Waals surface area (Å²) in [5.74, 6) is 1.63. The SMILES string of the molecule is ClC1COCCc2cc3c(cc21)OCCO3. The number of halogens is 1. The summed E-state index contributed by atoms with van der Waals surface area (Å²) in [7, 11) is 0. The van der Waals surface area contributed by atoms with Crippen LogP contribution in [0, 0.1) is 0 Å². The van der Waals surface area contributed by atoms with E-state index in [1.807, 2.05) is 12.1 Å². The fourth-order valence-electron chi connectivity index (χ4n) is 2.11. The largest absolute Gasteiger partial charge is 0.486 e. The van der Waals surface area contributed by atoms with Crippen molar-refractivity contribution in [3.05, 3.63) is 23.3 Å². The quantitative estimate of drug-likeness (QED) is 0.652. The van der Waals surface area contributed by atoms with Gasteiger partial charge in [0, 0.05) is 0 Å². The van der Waals surface area contributed by atoms with Gasteiger partial charge >= 0.3 is 0 Å². The third-order valence-electron chi connectivity index (χ3n) is 2.92. The van der Waals surface area contributed by atoms with Gasteiger partial charge in [0.1, 0.15) is 13.2 Å². The number of ether oxygens (including phenoxy) is 3. The molecule has 0 saturated carbocycles. The third-order valence-corrected chi connectivity index (χ3v) is 3.28. The van der Waals surface area contributed by atoms with Crippen molar-refractivity contribution in [2.75, 3.05) is 26.4 Å². The van der Waals surface area contributed by atoms with Gasteiger partial charge in [0.15, 0.2) is 11.5 Å². The molecule has 0 aliphatic carbocycles. The first-order valence-electron chi connectivity index (χ1n) is 5.49. The lowest BCUT2D eigenvalue weighted by molar-refractivity contribution is 0.143. The molecule has 0 radical (unpaired) electrons. The molecule has 0 aromatic heterocycles. The van der Waals surface area contributed by atoms with E-state index in [1.54, 1.807) is 0 Å². The first-order chi connectivity index (χ1) is 7.84. The number of benzene rings is 1. The van der Waals surface area contributed by atoms with Gasteiger partial charge in [0.2, 0.25) is 0 Å². The second kappa shape index (κ2) is 4.15. The van der Waals surface area contributed by atoms with Crippen molar-refractivity contribution in [3.8, 4) is 11.5 Å². The zero-order valence-electron chi connectivity index (χ0n) is 8.87. The second-order valence-electron chi connectivity index (χ2n) is 3.99. The Balaban J connectivity index is 2.06. The summed E-state index contributed by atoms with van der Waals surface area (Å²) in [5, 5.41) is -0.0895. The van der Waals surface area contributed by atoms with Gasteiger partial charge in [0.25, 0.3) is 0 Å². The highest BCUT2D eigenvalue weighted by molar-refractivity contribution is 6.21. The third kappa shape index (κ3) is 1.74. The normalized spacial score (nSPS) is 23.4.